The van der Waals surface area contributed by atoms with E-state index in [2.05, 4.69) is 58.4 Å². The zero-order valence-corrected chi connectivity index (χ0v) is 17.6. The van der Waals surface area contributed by atoms with Crippen LogP contribution in [0, 0.1) is 0 Å². The summed E-state index contributed by atoms with van der Waals surface area (Å²) in [6, 6.07) is 18.6. The molecular formula is C24H31N3O2. The Morgan fingerprint density at radius 3 is 2.45 bits per heavy atom. The molecule has 0 bridgehead atoms. The maximum Gasteiger partial charge on any atom is 0.237 e. The third-order valence-electron chi connectivity index (χ3n) is 5.23. The topological polar surface area (TPSA) is 36.0 Å². The highest BCUT2D eigenvalue weighted by molar-refractivity contribution is 5.78. The van der Waals surface area contributed by atoms with Gasteiger partial charge in [-0.2, -0.15) is 0 Å². The van der Waals surface area contributed by atoms with Gasteiger partial charge in [0, 0.05) is 53.1 Å². The number of rotatable bonds is 7. The molecule has 2 aromatic carbocycles. The molecule has 5 nitrogen and oxygen atoms in total. The Balaban J connectivity index is 1.60. The Kier molecular flexibility index (Phi) is 7.44. The van der Waals surface area contributed by atoms with E-state index in [1.807, 2.05) is 37.2 Å². The molecule has 2 aromatic rings. The summed E-state index contributed by atoms with van der Waals surface area (Å²) in [5.74, 6) is 0.150. The van der Waals surface area contributed by atoms with Crippen LogP contribution in [0.3, 0.4) is 0 Å². The molecule has 1 aliphatic heterocycles. The molecule has 0 saturated carbocycles. The number of methoxy groups -OCH3 is 1. The van der Waals surface area contributed by atoms with Crippen molar-refractivity contribution < 1.29 is 9.53 Å². The van der Waals surface area contributed by atoms with Crippen molar-refractivity contribution in [3.63, 3.8) is 0 Å². The van der Waals surface area contributed by atoms with Crippen LogP contribution in [0.25, 0.3) is 6.08 Å². The summed E-state index contributed by atoms with van der Waals surface area (Å²) in [6.45, 7) is 3.13. The molecule has 1 aliphatic rings. The summed E-state index contributed by atoms with van der Waals surface area (Å²) in [5.41, 5.74) is 3.48. The second kappa shape index (κ2) is 10.2. The monoisotopic (exact) mass is 393 g/mol. The second-order valence-electron chi connectivity index (χ2n) is 7.70. The summed E-state index contributed by atoms with van der Waals surface area (Å²) in [4.78, 5) is 19.0. The van der Waals surface area contributed by atoms with Gasteiger partial charge in [-0.3, -0.25) is 9.69 Å². The molecule has 0 unspecified atom stereocenters. The van der Waals surface area contributed by atoms with E-state index in [1.54, 1.807) is 7.11 Å². The number of ether oxygens (including phenoxy) is 1. The van der Waals surface area contributed by atoms with Gasteiger partial charge in [-0.25, -0.2) is 0 Å². The summed E-state index contributed by atoms with van der Waals surface area (Å²) in [5, 5.41) is 0. The maximum absolute atomic E-state index is 12.8. The highest BCUT2D eigenvalue weighted by Crippen LogP contribution is 2.14. The molecule has 0 aromatic heterocycles. The molecule has 3 rings (SSSR count). The summed E-state index contributed by atoms with van der Waals surface area (Å²) in [6.07, 6.45) is 4.24. The Morgan fingerprint density at radius 2 is 1.79 bits per heavy atom. The molecular weight excluding hydrogens is 362 g/mol. The van der Waals surface area contributed by atoms with Gasteiger partial charge in [-0.05, 0) is 23.3 Å². The van der Waals surface area contributed by atoms with Gasteiger partial charge in [-0.1, -0.05) is 54.6 Å². The molecule has 0 aliphatic carbocycles. The first-order valence-electron chi connectivity index (χ1n) is 10.1. The molecule has 0 spiro atoms. The standard InChI is InChI=1S/C24H31N3O2/c1-25(2)22-13-11-20(12-14-22)10-7-15-26-17-23(29-3)18-27(24(28)19-26)16-21-8-5-4-6-9-21/h4-14,23H,15-19H2,1-3H3/b10-7+/t23-/m1/s1. The molecule has 1 atom stereocenters. The molecule has 0 N–H and O–H groups in total. The third-order valence-corrected chi connectivity index (χ3v) is 5.23. The smallest absolute Gasteiger partial charge is 0.237 e. The van der Waals surface area contributed by atoms with Gasteiger partial charge < -0.3 is 14.5 Å². The highest BCUT2D eigenvalue weighted by Gasteiger charge is 2.27. The molecule has 154 valence electrons. The number of amides is 1. The van der Waals surface area contributed by atoms with Crippen LogP contribution in [-0.4, -0.2) is 69.2 Å². The molecule has 0 radical (unpaired) electrons. The third kappa shape index (κ3) is 6.17. The predicted octanol–water partition coefficient (Wildman–Crippen LogP) is 3.13. The van der Waals surface area contributed by atoms with Crippen molar-refractivity contribution in [3.8, 4) is 0 Å². The van der Waals surface area contributed by atoms with Crippen LogP contribution in [-0.2, 0) is 16.1 Å². The molecule has 5 heteroatoms. The number of benzene rings is 2. The van der Waals surface area contributed by atoms with Gasteiger partial charge in [0.1, 0.15) is 0 Å². The van der Waals surface area contributed by atoms with E-state index in [-0.39, 0.29) is 12.0 Å². The molecule has 29 heavy (non-hydrogen) atoms. The Bertz CT molecular complexity index is 803. The SMILES string of the molecule is CO[C@@H]1CN(C/C=C/c2ccc(N(C)C)cc2)CC(=O)N(Cc2ccccc2)C1. The van der Waals surface area contributed by atoms with Crippen LogP contribution in [0.15, 0.2) is 60.7 Å². The van der Waals surface area contributed by atoms with Crippen molar-refractivity contribution in [3.05, 3.63) is 71.8 Å². The first-order valence-corrected chi connectivity index (χ1v) is 10.1. The van der Waals surface area contributed by atoms with Gasteiger partial charge >= 0.3 is 0 Å². The Morgan fingerprint density at radius 1 is 1.07 bits per heavy atom. The van der Waals surface area contributed by atoms with Crippen LogP contribution >= 0.6 is 0 Å². The van der Waals surface area contributed by atoms with Gasteiger partial charge in [-0.15, -0.1) is 0 Å². The number of carbonyl (C=O) groups excluding carboxylic acids is 1. The first-order chi connectivity index (χ1) is 14.0. The zero-order chi connectivity index (χ0) is 20.6. The maximum atomic E-state index is 12.8. The average Bonchev–Trinajstić information content (AvgIpc) is 2.87. The van der Waals surface area contributed by atoms with E-state index in [0.29, 0.717) is 19.6 Å². The van der Waals surface area contributed by atoms with E-state index in [4.69, 9.17) is 4.74 Å². The van der Waals surface area contributed by atoms with Gasteiger partial charge in [0.15, 0.2) is 0 Å². The zero-order valence-electron chi connectivity index (χ0n) is 17.6. The van der Waals surface area contributed by atoms with Gasteiger partial charge in [0.05, 0.1) is 12.6 Å². The molecule has 1 saturated heterocycles. The van der Waals surface area contributed by atoms with Crippen LogP contribution in [0.1, 0.15) is 11.1 Å². The van der Waals surface area contributed by atoms with Crippen molar-refractivity contribution in [2.45, 2.75) is 12.6 Å². The minimum atomic E-state index is 0.0120. The van der Waals surface area contributed by atoms with Gasteiger partial charge in [0.2, 0.25) is 5.91 Å². The summed E-state index contributed by atoms with van der Waals surface area (Å²) < 4.78 is 5.65. The highest BCUT2D eigenvalue weighted by atomic mass is 16.5. The lowest BCUT2D eigenvalue weighted by Crippen LogP contribution is -2.37. The number of hydrogen-bond donors (Lipinski definition) is 0. The Labute approximate surface area is 174 Å². The summed E-state index contributed by atoms with van der Waals surface area (Å²) in [7, 11) is 5.80. The van der Waals surface area contributed by atoms with Crippen molar-refractivity contribution in [1.82, 2.24) is 9.80 Å². The van der Waals surface area contributed by atoms with Crippen LogP contribution in [0.2, 0.25) is 0 Å². The molecule has 1 fully saturated rings. The Hall–Kier alpha value is -2.63. The number of anilines is 1. The quantitative estimate of drug-likeness (QED) is 0.724. The number of carbonyl (C=O) groups is 1. The van der Waals surface area contributed by atoms with E-state index in [0.717, 1.165) is 24.2 Å². The lowest BCUT2D eigenvalue weighted by molar-refractivity contribution is -0.132. The number of nitrogens with zero attached hydrogens (tertiary/aromatic N) is 3. The van der Waals surface area contributed by atoms with Crippen LogP contribution in [0.4, 0.5) is 5.69 Å². The van der Waals surface area contributed by atoms with E-state index in [9.17, 15) is 4.79 Å². The first kappa shape index (κ1) is 21.1. The van der Waals surface area contributed by atoms with Crippen molar-refractivity contribution >= 4 is 17.7 Å². The minimum Gasteiger partial charge on any atom is -0.378 e. The van der Waals surface area contributed by atoms with E-state index < -0.39 is 0 Å². The normalized spacial score (nSPS) is 18.2. The van der Waals surface area contributed by atoms with Crippen LogP contribution < -0.4 is 4.90 Å². The van der Waals surface area contributed by atoms with Crippen molar-refractivity contribution in [2.75, 3.05) is 52.3 Å². The average molecular weight is 394 g/mol. The fraction of sp³-hybridized carbons (Fsp3) is 0.375. The second-order valence-corrected chi connectivity index (χ2v) is 7.70. The van der Waals surface area contributed by atoms with E-state index >= 15 is 0 Å². The number of hydrogen-bond acceptors (Lipinski definition) is 4. The minimum absolute atomic E-state index is 0.0120. The molecule has 1 heterocycles. The fourth-order valence-corrected chi connectivity index (χ4v) is 3.52. The summed E-state index contributed by atoms with van der Waals surface area (Å²) >= 11 is 0. The van der Waals surface area contributed by atoms with Gasteiger partial charge in [0.25, 0.3) is 0 Å². The lowest BCUT2D eigenvalue weighted by atomic mass is 10.2. The fourth-order valence-electron chi connectivity index (χ4n) is 3.52. The lowest BCUT2D eigenvalue weighted by Gasteiger charge is -2.23. The van der Waals surface area contributed by atoms with Crippen LogP contribution in [0.5, 0.6) is 0 Å². The van der Waals surface area contributed by atoms with Crippen molar-refractivity contribution in [1.29, 1.82) is 0 Å². The predicted molar refractivity (Wildman–Crippen MR) is 119 cm³/mol. The van der Waals surface area contributed by atoms with E-state index in [1.165, 1.54) is 5.69 Å². The van der Waals surface area contributed by atoms with Crippen molar-refractivity contribution in [2.24, 2.45) is 0 Å². The molecule has 1 amide bonds. The largest absolute Gasteiger partial charge is 0.378 e.